The summed E-state index contributed by atoms with van der Waals surface area (Å²) in [7, 11) is 0. The fourth-order valence-corrected chi connectivity index (χ4v) is 1.83. The Hall–Kier alpha value is -2.27. The van der Waals surface area contributed by atoms with Crippen molar-refractivity contribution in [3.8, 4) is 11.5 Å². The summed E-state index contributed by atoms with van der Waals surface area (Å²) in [6, 6.07) is 9.10. The first-order valence-electron chi connectivity index (χ1n) is 5.72. The predicted molar refractivity (Wildman–Crippen MR) is 75.2 cm³/mol. The van der Waals surface area contributed by atoms with Gasteiger partial charge >= 0.3 is 0 Å². The molecular weight excluding hydrogens is 283 g/mol. The zero-order chi connectivity index (χ0) is 14.7. The Balaban J connectivity index is 2.33. The molecule has 0 saturated heterocycles. The summed E-state index contributed by atoms with van der Waals surface area (Å²) in [5, 5.41) is 11.7. The standard InChI is InChI=1S/C14H12ClFN2O2/c1-8-2-4-11(16)13(6-8)20-12-5-3-9(7-10(12)15)14(17)18-19/h2-7,19H,1H3,(H2,17,18). The molecule has 0 aromatic heterocycles. The van der Waals surface area contributed by atoms with Gasteiger partial charge in [0.2, 0.25) is 0 Å². The van der Waals surface area contributed by atoms with Gasteiger partial charge in [-0.05, 0) is 42.8 Å². The molecule has 0 heterocycles. The van der Waals surface area contributed by atoms with Crippen molar-refractivity contribution in [2.75, 3.05) is 0 Å². The number of benzene rings is 2. The largest absolute Gasteiger partial charge is 0.453 e. The minimum Gasteiger partial charge on any atom is -0.453 e. The number of hydrogen-bond donors (Lipinski definition) is 2. The third-order valence-electron chi connectivity index (χ3n) is 2.64. The van der Waals surface area contributed by atoms with Crippen LogP contribution in [0.1, 0.15) is 11.1 Å². The van der Waals surface area contributed by atoms with Gasteiger partial charge in [-0.15, -0.1) is 0 Å². The van der Waals surface area contributed by atoms with E-state index in [2.05, 4.69) is 5.16 Å². The quantitative estimate of drug-likeness (QED) is 0.393. The number of amidine groups is 1. The van der Waals surface area contributed by atoms with Crippen LogP contribution in [0.4, 0.5) is 4.39 Å². The molecule has 0 unspecified atom stereocenters. The maximum Gasteiger partial charge on any atom is 0.170 e. The Morgan fingerprint density at radius 1 is 1.25 bits per heavy atom. The van der Waals surface area contributed by atoms with Crippen molar-refractivity contribution in [3.63, 3.8) is 0 Å². The summed E-state index contributed by atoms with van der Waals surface area (Å²) < 4.78 is 19.0. The van der Waals surface area contributed by atoms with Crippen LogP contribution in [0.5, 0.6) is 11.5 Å². The first kappa shape index (κ1) is 14.1. The highest BCUT2D eigenvalue weighted by molar-refractivity contribution is 6.32. The second-order valence-corrected chi connectivity index (χ2v) is 4.57. The molecule has 0 aliphatic carbocycles. The number of ether oxygens (including phenoxy) is 1. The van der Waals surface area contributed by atoms with Crippen molar-refractivity contribution in [1.29, 1.82) is 0 Å². The highest BCUT2D eigenvalue weighted by Crippen LogP contribution is 2.31. The number of nitrogens with zero attached hydrogens (tertiary/aromatic N) is 1. The van der Waals surface area contributed by atoms with E-state index in [4.69, 9.17) is 27.3 Å². The van der Waals surface area contributed by atoms with Gasteiger partial charge < -0.3 is 15.7 Å². The average Bonchev–Trinajstić information content (AvgIpc) is 2.44. The fourth-order valence-electron chi connectivity index (χ4n) is 1.61. The molecule has 3 N–H and O–H groups in total. The topological polar surface area (TPSA) is 67.8 Å². The molecule has 0 atom stereocenters. The summed E-state index contributed by atoms with van der Waals surface area (Å²) in [6.45, 7) is 1.83. The molecule has 104 valence electrons. The van der Waals surface area contributed by atoms with Gasteiger partial charge in [0.1, 0.15) is 5.75 Å². The minimum atomic E-state index is -0.479. The highest BCUT2D eigenvalue weighted by Gasteiger charge is 2.10. The van der Waals surface area contributed by atoms with Crippen molar-refractivity contribution >= 4 is 17.4 Å². The van der Waals surface area contributed by atoms with E-state index < -0.39 is 5.82 Å². The van der Waals surface area contributed by atoms with Gasteiger partial charge in [-0.2, -0.15) is 0 Å². The van der Waals surface area contributed by atoms with Gasteiger partial charge in [0.15, 0.2) is 17.4 Å². The van der Waals surface area contributed by atoms with Crippen LogP contribution in [0.3, 0.4) is 0 Å². The first-order valence-corrected chi connectivity index (χ1v) is 6.10. The third-order valence-corrected chi connectivity index (χ3v) is 2.94. The molecule has 0 saturated carbocycles. The van der Waals surface area contributed by atoms with E-state index >= 15 is 0 Å². The Labute approximate surface area is 120 Å². The van der Waals surface area contributed by atoms with E-state index in [-0.39, 0.29) is 22.4 Å². The minimum absolute atomic E-state index is 0.0693. The SMILES string of the molecule is Cc1ccc(F)c(Oc2ccc(C(N)=NO)cc2Cl)c1. The van der Waals surface area contributed by atoms with Gasteiger partial charge in [0.05, 0.1) is 5.02 Å². The van der Waals surface area contributed by atoms with E-state index in [1.807, 2.05) is 6.92 Å². The lowest BCUT2D eigenvalue weighted by molar-refractivity contribution is 0.318. The zero-order valence-electron chi connectivity index (χ0n) is 10.6. The molecule has 2 rings (SSSR count). The van der Waals surface area contributed by atoms with Crippen molar-refractivity contribution in [2.24, 2.45) is 10.9 Å². The number of aryl methyl sites for hydroxylation is 1. The number of nitrogens with two attached hydrogens (primary N) is 1. The van der Waals surface area contributed by atoms with E-state index in [1.54, 1.807) is 18.2 Å². The van der Waals surface area contributed by atoms with E-state index in [0.717, 1.165) is 5.56 Å². The van der Waals surface area contributed by atoms with Crippen LogP contribution in [0.25, 0.3) is 0 Å². The molecule has 0 aliphatic heterocycles. The van der Waals surface area contributed by atoms with Crippen LogP contribution in [0.15, 0.2) is 41.6 Å². The molecule has 2 aromatic carbocycles. The van der Waals surface area contributed by atoms with Crippen LogP contribution in [-0.4, -0.2) is 11.0 Å². The Morgan fingerprint density at radius 3 is 2.65 bits per heavy atom. The van der Waals surface area contributed by atoms with Crippen molar-refractivity contribution in [2.45, 2.75) is 6.92 Å². The third kappa shape index (κ3) is 3.00. The van der Waals surface area contributed by atoms with Crippen LogP contribution in [-0.2, 0) is 0 Å². The molecule has 20 heavy (non-hydrogen) atoms. The molecule has 6 heteroatoms. The summed E-state index contributed by atoms with van der Waals surface area (Å²) >= 11 is 6.03. The monoisotopic (exact) mass is 294 g/mol. The summed E-state index contributed by atoms with van der Waals surface area (Å²) in [4.78, 5) is 0. The van der Waals surface area contributed by atoms with Crippen LogP contribution >= 0.6 is 11.6 Å². The first-order chi connectivity index (χ1) is 9.51. The van der Waals surface area contributed by atoms with E-state index in [0.29, 0.717) is 5.56 Å². The van der Waals surface area contributed by atoms with Crippen molar-refractivity contribution in [3.05, 3.63) is 58.4 Å². The van der Waals surface area contributed by atoms with Crippen molar-refractivity contribution < 1.29 is 14.3 Å². The Morgan fingerprint density at radius 2 is 2.00 bits per heavy atom. The highest BCUT2D eigenvalue weighted by atomic mass is 35.5. The van der Waals surface area contributed by atoms with Crippen LogP contribution in [0, 0.1) is 12.7 Å². The summed E-state index contributed by atoms with van der Waals surface area (Å²) in [5.74, 6) is -0.179. The molecule has 0 spiro atoms. The lowest BCUT2D eigenvalue weighted by Crippen LogP contribution is -2.12. The lowest BCUT2D eigenvalue weighted by Gasteiger charge is -2.10. The number of halogens is 2. The van der Waals surface area contributed by atoms with Gasteiger partial charge in [-0.1, -0.05) is 22.8 Å². The average molecular weight is 295 g/mol. The smallest absolute Gasteiger partial charge is 0.170 e. The van der Waals surface area contributed by atoms with Gasteiger partial charge in [0, 0.05) is 5.56 Å². The second kappa shape index (κ2) is 5.79. The number of rotatable bonds is 3. The second-order valence-electron chi connectivity index (χ2n) is 4.17. The molecule has 0 aliphatic rings. The molecule has 0 amide bonds. The number of oxime groups is 1. The van der Waals surface area contributed by atoms with E-state index in [1.165, 1.54) is 18.2 Å². The maximum atomic E-state index is 13.6. The fraction of sp³-hybridized carbons (Fsp3) is 0.0714. The molecule has 0 fully saturated rings. The number of hydrogen-bond acceptors (Lipinski definition) is 3. The Bertz CT molecular complexity index is 674. The molecule has 4 nitrogen and oxygen atoms in total. The summed E-state index contributed by atoms with van der Waals surface area (Å²) in [6.07, 6.45) is 0. The van der Waals surface area contributed by atoms with Gasteiger partial charge in [-0.3, -0.25) is 0 Å². The molecular formula is C14H12ClFN2O2. The van der Waals surface area contributed by atoms with Gasteiger partial charge in [0.25, 0.3) is 0 Å². The van der Waals surface area contributed by atoms with E-state index in [9.17, 15) is 4.39 Å². The normalized spacial score (nSPS) is 11.4. The maximum absolute atomic E-state index is 13.6. The van der Waals surface area contributed by atoms with Crippen molar-refractivity contribution in [1.82, 2.24) is 0 Å². The molecule has 0 radical (unpaired) electrons. The Kier molecular flexibility index (Phi) is 4.10. The van der Waals surface area contributed by atoms with Gasteiger partial charge in [-0.25, -0.2) is 4.39 Å². The lowest BCUT2D eigenvalue weighted by atomic mass is 10.2. The molecule has 2 aromatic rings. The molecule has 0 bridgehead atoms. The van der Waals surface area contributed by atoms with Crippen LogP contribution in [0.2, 0.25) is 5.02 Å². The predicted octanol–water partition coefficient (Wildman–Crippen LogP) is 3.67. The zero-order valence-corrected chi connectivity index (χ0v) is 11.4. The van der Waals surface area contributed by atoms with Crippen LogP contribution < -0.4 is 10.5 Å². The summed E-state index contributed by atoms with van der Waals surface area (Å²) in [5.41, 5.74) is 6.76.